The smallest absolute Gasteiger partial charge is 0.331 e. The lowest BCUT2D eigenvalue weighted by Gasteiger charge is -2.72. The number of aliphatic carboxylic acids is 1. The first-order chi connectivity index (χ1) is 20.9. The summed E-state index contributed by atoms with van der Waals surface area (Å²) in [7, 11) is 0. The van der Waals surface area contributed by atoms with Crippen molar-refractivity contribution in [1.29, 1.82) is 0 Å². The van der Waals surface area contributed by atoms with E-state index in [1.807, 2.05) is 0 Å². The van der Waals surface area contributed by atoms with Crippen LogP contribution in [0.4, 0.5) is 0 Å². The van der Waals surface area contributed by atoms with Gasteiger partial charge in [0.15, 0.2) is 11.5 Å². The van der Waals surface area contributed by atoms with Crippen LogP contribution in [0.1, 0.15) is 118 Å². The van der Waals surface area contributed by atoms with E-state index in [0.29, 0.717) is 23.3 Å². The molecule has 6 nitrogen and oxygen atoms in total. The molecule has 8 atom stereocenters. The Morgan fingerprint density at radius 1 is 0.800 bits per heavy atom. The van der Waals surface area contributed by atoms with E-state index in [1.54, 1.807) is 12.1 Å². The summed E-state index contributed by atoms with van der Waals surface area (Å²) in [6.45, 7) is 16.7. The van der Waals surface area contributed by atoms with Gasteiger partial charge in [0.25, 0.3) is 0 Å². The van der Waals surface area contributed by atoms with E-state index in [4.69, 9.17) is 4.74 Å². The van der Waals surface area contributed by atoms with Crippen LogP contribution in [0.25, 0.3) is 6.08 Å². The highest BCUT2D eigenvalue weighted by molar-refractivity contribution is 5.87. The Balaban J connectivity index is 1.24. The van der Waals surface area contributed by atoms with Crippen molar-refractivity contribution in [2.75, 3.05) is 0 Å². The standard InChI is InChI=1S/C39H54O6/c1-34(2)18-20-39(33(43)44)21-19-37(6)25(26(39)23-34)10-12-30-36(5)16-15-31(35(3,4)29(36)14-17-38(30,37)7)45-32(42)13-9-24-8-11-27(40)28(41)22-24/h8-9,11,13,22-23,25,29-31,40-41H,10,12,14-21H2,1-7H3,(H,43,44). The Morgan fingerprint density at radius 3 is 2.20 bits per heavy atom. The second kappa shape index (κ2) is 10.4. The van der Waals surface area contributed by atoms with Crippen LogP contribution in [0, 0.1) is 50.2 Å². The minimum Gasteiger partial charge on any atom is -0.504 e. The van der Waals surface area contributed by atoms with E-state index in [9.17, 15) is 24.9 Å². The maximum Gasteiger partial charge on any atom is 0.331 e. The predicted molar refractivity (Wildman–Crippen MR) is 175 cm³/mol. The molecule has 246 valence electrons. The molecular formula is C39H54O6. The summed E-state index contributed by atoms with van der Waals surface area (Å²) >= 11 is 0. The van der Waals surface area contributed by atoms with Gasteiger partial charge in [0.1, 0.15) is 6.10 Å². The lowest BCUT2D eigenvalue weighted by molar-refractivity contribution is -0.233. The van der Waals surface area contributed by atoms with Crippen molar-refractivity contribution >= 4 is 18.0 Å². The Labute approximate surface area is 269 Å². The molecule has 0 bridgehead atoms. The lowest BCUT2D eigenvalue weighted by Crippen LogP contribution is -2.66. The number of hydrogen-bond donors (Lipinski definition) is 3. The number of ether oxygens (including phenoxy) is 1. The molecule has 6 heteroatoms. The predicted octanol–water partition coefficient (Wildman–Crippen LogP) is 8.91. The summed E-state index contributed by atoms with van der Waals surface area (Å²) in [4.78, 5) is 25.9. The molecule has 5 aliphatic carbocycles. The van der Waals surface area contributed by atoms with Crippen LogP contribution < -0.4 is 0 Å². The number of benzene rings is 1. The van der Waals surface area contributed by atoms with Gasteiger partial charge in [0.2, 0.25) is 0 Å². The molecule has 5 aliphatic rings. The topological polar surface area (TPSA) is 104 Å². The van der Waals surface area contributed by atoms with Gasteiger partial charge in [-0.1, -0.05) is 66.2 Å². The van der Waals surface area contributed by atoms with Crippen LogP contribution in [0.5, 0.6) is 11.5 Å². The van der Waals surface area contributed by atoms with Gasteiger partial charge in [0.05, 0.1) is 5.41 Å². The molecule has 8 unspecified atom stereocenters. The highest BCUT2D eigenvalue weighted by Gasteiger charge is 2.70. The zero-order valence-corrected chi connectivity index (χ0v) is 28.4. The first-order valence-electron chi connectivity index (χ1n) is 17.3. The van der Waals surface area contributed by atoms with Gasteiger partial charge < -0.3 is 20.1 Å². The van der Waals surface area contributed by atoms with Crippen LogP contribution in [-0.4, -0.2) is 33.4 Å². The van der Waals surface area contributed by atoms with E-state index in [0.717, 1.165) is 64.2 Å². The largest absolute Gasteiger partial charge is 0.504 e. The number of aromatic hydroxyl groups is 2. The van der Waals surface area contributed by atoms with E-state index >= 15 is 0 Å². The maximum atomic E-state index is 13.0. The van der Waals surface area contributed by atoms with Gasteiger partial charge >= 0.3 is 11.9 Å². The summed E-state index contributed by atoms with van der Waals surface area (Å²) in [5.41, 5.74) is 1.32. The summed E-state index contributed by atoms with van der Waals surface area (Å²) in [5.74, 6) is -0.139. The Bertz CT molecular complexity index is 1450. The summed E-state index contributed by atoms with van der Waals surface area (Å²) in [6, 6.07) is 4.46. The zero-order chi connectivity index (χ0) is 32.8. The zero-order valence-electron chi connectivity index (χ0n) is 28.4. The normalized spacial score (nSPS) is 41.5. The van der Waals surface area contributed by atoms with Gasteiger partial charge in [0, 0.05) is 11.5 Å². The Morgan fingerprint density at radius 2 is 1.51 bits per heavy atom. The molecular weight excluding hydrogens is 564 g/mol. The number of rotatable bonds is 4. The van der Waals surface area contributed by atoms with Crippen LogP contribution in [-0.2, 0) is 14.3 Å². The fourth-order valence-corrected chi connectivity index (χ4v) is 11.9. The monoisotopic (exact) mass is 618 g/mol. The maximum absolute atomic E-state index is 13.0. The number of carboxylic acids is 1. The van der Waals surface area contributed by atoms with Gasteiger partial charge in [-0.3, -0.25) is 4.79 Å². The van der Waals surface area contributed by atoms with Crippen molar-refractivity contribution in [1.82, 2.24) is 0 Å². The van der Waals surface area contributed by atoms with E-state index in [1.165, 1.54) is 23.8 Å². The van der Waals surface area contributed by atoms with Gasteiger partial charge in [-0.2, -0.15) is 0 Å². The molecule has 0 aromatic heterocycles. The third-order valence-electron chi connectivity index (χ3n) is 14.6. The van der Waals surface area contributed by atoms with E-state index < -0.39 is 11.4 Å². The molecule has 1 aromatic rings. The van der Waals surface area contributed by atoms with Gasteiger partial charge in [-0.25, -0.2) is 4.79 Å². The summed E-state index contributed by atoms with van der Waals surface area (Å²) < 4.78 is 6.15. The van der Waals surface area contributed by atoms with Gasteiger partial charge in [-0.15, -0.1) is 0 Å². The number of carbonyl (C=O) groups excluding carboxylic acids is 1. The molecule has 1 aromatic carbocycles. The Hall–Kier alpha value is -2.76. The van der Waals surface area contributed by atoms with Gasteiger partial charge in [-0.05, 0) is 127 Å². The molecule has 0 radical (unpaired) electrons. The van der Waals surface area contributed by atoms with Crippen molar-refractivity contribution < 1.29 is 29.6 Å². The van der Waals surface area contributed by atoms with Crippen molar-refractivity contribution in [2.45, 2.75) is 119 Å². The Kier molecular flexibility index (Phi) is 7.42. The number of esters is 1. The third-order valence-corrected chi connectivity index (χ3v) is 14.6. The van der Waals surface area contributed by atoms with E-state index in [2.05, 4.69) is 54.5 Å². The van der Waals surface area contributed by atoms with Crippen molar-refractivity contribution in [3.8, 4) is 11.5 Å². The second-order valence-electron chi connectivity index (χ2n) is 17.5. The average Bonchev–Trinajstić information content (AvgIpc) is 2.95. The quantitative estimate of drug-likeness (QED) is 0.135. The second-order valence-corrected chi connectivity index (χ2v) is 17.5. The molecule has 4 fully saturated rings. The molecule has 45 heavy (non-hydrogen) atoms. The van der Waals surface area contributed by atoms with E-state index in [-0.39, 0.29) is 50.6 Å². The van der Waals surface area contributed by atoms with Crippen molar-refractivity contribution in [3.63, 3.8) is 0 Å². The minimum atomic E-state index is -0.689. The fourth-order valence-electron chi connectivity index (χ4n) is 11.9. The first kappa shape index (κ1) is 32.2. The van der Waals surface area contributed by atoms with Crippen molar-refractivity contribution in [2.24, 2.45) is 50.2 Å². The fraction of sp³-hybridized carbons (Fsp3) is 0.692. The molecule has 0 heterocycles. The number of phenols is 2. The summed E-state index contributed by atoms with van der Waals surface area (Å²) in [5, 5.41) is 30.0. The molecule has 4 saturated carbocycles. The highest BCUT2D eigenvalue weighted by atomic mass is 16.5. The molecule has 0 aliphatic heterocycles. The number of carbonyl (C=O) groups is 2. The SMILES string of the molecule is CC1(C)C=C2C3CCC4C5(C)CCC(OC(=O)C=Cc6ccc(O)c(O)c6)C(C)(C)C5CCC4(C)C3(C)CCC2(C(=O)O)CC1. The molecule has 3 N–H and O–H groups in total. The minimum absolute atomic E-state index is 0.0365. The lowest BCUT2D eigenvalue weighted by atomic mass is 9.32. The van der Waals surface area contributed by atoms with Crippen LogP contribution in [0.15, 0.2) is 35.9 Å². The first-order valence-corrected chi connectivity index (χ1v) is 17.3. The van der Waals surface area contributed by atoms with Crippen LogP contribution in [0.3, 0.4) is 0 Å². The van der Waals surface area contributed by atoms with Crippen LogP contribution in [0.2, 0.25) is 0 Å². The molecule has 6 rings (SSSR count). The number of allylic oxidation sites excluding steroid dienone is 1. The van der Waals surface area contributed by atoms with Crippen molar-refractivity contribution in [3.05, 3.63) is 41.5 Å². The average molecular weight is 619 g/mol. The molecule has 0 spiro atoms. The number of fused-ring (bicyclic) bond motifs is 7. The third kappa shape index (κ3) is 4.70. The molecule has 0 amide bonds. The number of carboxylic acid groups (broad SMARTS) is 1. The summed E-state index contributed by atoms with van der Waals surface area (Å²) in [6.07, 6.45) is 14.9. The van der Waals surface area contributed by atoms with Crippen LogP contribution >= 0.6 is 0 Å². The molecule has 0 saturated heterocycles. The number of hydrogen-bond acceptors (Lipinski definition) is 5. The number of phenolic OH excluding ortho intramolecular Hbond substituents is 2. The highest BCUT2D eigenvalue weighted by Crippen LogP contribution is 2.76.